The third-order valence-electron chi connectivity index (χ3n) is 2.43. The van der Waals surface area contributed by atoms with Gasteiger partial charge in [-0.15, -0.1) is 0 Å². The zero-order valence-electron chi connectivity index (χ0n) is 7.19. The number of carboxylic acid groups (broad SMARTS) is 1. The van der Waals surface area contributed by atoms with Crippen molar-refractivity contribution in [2.75, 3.05) is 0 Å². The van der Waals surface area contributed by atoms with E-state index in [4.69, 9.17) is 9.63 Å². The first-order valence-electron chi connectivity index (χ1n) is 4.43. The van der Waals surface area contributed by atoms with E-state index in [-0.39, 0.29) is 6.42 Å². The molecule has 0 aliphatic heterocycles. The molecule has 0 radical (unpaired) electrons. The molecule has 4 nitrogen and oxygen atoms in total. The van der Waals surface area contributed by atoms with Gasteiger partial charge in [-0.25, -0.2) is 0 Å². The predicted octanol–water partition coefficient (Wildman–Crippen LogP) is 1.57. The molecule has 13 heavy (non-hydrogen) atoms. The van der Waals surface area contributed by atoms with Crippen LogP contribution in [0.3, 0.4) is 0 Å². The van der Waals surface area contributed by atoms with Crippen LogP contribution in [0.25, 0.3) is 0 Å². The highest BCUT2D eigenvalue weighted by molar-refractivity contribution is 5.69. The van der Waals surface area contributed by atoms with Crippen LogP contribution in [0.2, 0.25) is 0 Å². The Morgan fingerprint density at radius 1 is 1.69 bits per heavy atom. The topological polar surface area (TPSA) is 63.3 Å². The normalized spacial score (nSPS) is 16.9. The summed E-state index contributed by atoms with van der Waals surface area (Å²) >= 11 is 0. The minimum absolute atomic E-state index is 0.0697. The van der Waals surface area contributed by atoms with E-state index < -0.39 is 5.97 Å². The smallest absolute Gasteiger partial charge is 0.311 e. The average Bonchev–Trinajstić information content (AvgIpc) is 2.31. The molecule has 1 aliphatic rings. The molecule has 1 fully saturated rings. The number of hydrogen-bond donors (Lipinski definition) is 1. The molecule has 0 aromatic carbocycles. The van der Waals surface area contributed by atoms with Crippen molar-refractivity contribution in [3.05, 3.63) is 17.5 Å². The van der Waals surface area contributed by atoms with Crippen molar-refractivity contribution < 1.29 is 14.4 Å². The number of carbonyl (C=O) groups is 1. The zero-order chi connectivity index (χ0) is 9.26. The van der Waals surface area contributed by atoms with Crippen LogP contribution in [0.1, 0.15) is 36.6 Å². The van der Waals surface area contributed by atoms with Crippen LogP contribution in [0.4, 0.5) is 0 Å². The Morgan fingerprint density at radius 3 is 3.00 bits per heavy atom. The Bertz CT molecular complexity index is 314. The van der Waals surface area contributed by atoms with Gasteiger partial charge in [0.1, 0.15) is 12.2 Å². The second-order valence-electron chi connectivity index (χ2n) is 3.42. The van der Waals surface area contributed by atoms with E-state index in [2.05, 4.69) is 5.16 Å². The minimum Gasteiger partial charge on any atom is -0.481 e. The van der Waals surface area contributed by atoms with Crippen LogP contribution < -0.4 is 0 Å². The molecule has 0 saturated heterocycles. The van der Waals surface area contributed by atoms with E-state index in [1.165, 1.54) is 6.42 Å². The number of nitrogens with zero attached hydrogens (tertiary/aromatic N) is 1. The van der Waals surface area contributed by atoms with Gasteiger partial charge in [-0.1, -0.05) is 11.6 Å². The molecule has 0 atom stereocenters. The number of aromatic nitrogens is 1. The molecule has 1 aliphatic carbocycles. The lowest BCUT2D eigenvalue weighted by Gasteiger charge is -2.22. The van der Waals surface area contributed by atoms with Crippen molar-refractivity contribution in [2.45, 2.75) is 31.6 Å². The molecule has 1 aromatic rings. The van der Waals surface area contributed by atoms with E-state index in [0.29, 0.717) is 11.7 Å². The van der Waals surface area contributed by atoms with Gasteiger partial charge in [0, 0.05) is 12.0 Å². The van der Waals surface area contributed by atoms with Crippen LogP contribution in [-0.2, 0) is 11.2 Å². The Hall–Kier alpha value is -1.32. The largest absolute Gasteiger partial charge is 0.481 e. The number of carboxylic acids is 1. The van der Waals surface area contributed by atoms with Crippen molar-refractivity contribution >= 4 is 5.97 Å². The summed E-state index contributed by atoms with van der Waals surface area (Å²) in [5.41, 5.74) is 0.919. The van der Waals surface area contributed by atoms with Gasteiger partial charge < -0.3 is 9.63 Å². The molecule has 1 saturated carbocycles. The maximum atomic E-state index is 10.3. The van der Waals surface area contributed by atoms with Gasteiger partial charge in [0.2, 0.25) is 0 Å². The first-order valence-corrected chi connectivity index (χ1v) is 4.43. The minimum atomic E-state index is -0.878. The molecule has 0 amide bonds. The number of aliphatic carboxylic acids is 1. The molecule has 2 rings (SSSR count). The lowest BCUT2D eigenvalue weighted by molar-refractivity contribution is -0.136. The lowest BCUT2D eigenvalue weighted by Crippen LogP contribution is -2.08. The first-order chi connectivity index (χ1) is 6.25. The maximum absolute atomic E-state index is 10.3. The van der Waals surface area contributed by atoms with Crippen LogP contribution in [0.5, 0.6) is 0 Å². The lowest BCUT2D eigenvalue weighted by atomic mass is 9.83. The fourth-order valence-corrected chi connectivity index (χ4v) is 1.46. The van der Waals surface area contributed by atoms with Gasteiger partial charge in [-0.2, -0.15) is 0 Å². The van der Waals surface area contributed by atoms with Crippen molar-refractivity contribution in [1.29, 1.82) is 0 Å². The molecule has 0 spiro atoms. The van der Waals surface area contributed by atoms with Crippen LogP contribution in [0.15, 0.2) is 10.6 Å². The summed E-state index contributed by atoms with van der Waals surface area (Å²) in [5, 5.41) is 12.4. The standard InChI is InChI=1S/C9H11NO3/c11-9(12)5-7-4-8(10-13-7)6-2-1-3-6/h4,6H,1-3,5H2,(H,11,12). The summed E-state index contributed by atoms with van der Waals surface area (Å²) in [4.78, 5) is 10.3. The zero-order valence-corrected chi connectivity index (χ0v) is 7.19. The molecule has 70 valence electrons. The summed E-state index contributed by atoms with van der Waals surface area (Å²) in [6.07, 6.45) is 3.48. The van der Waals surface area contributed by atoms with E-state index in [1.807, 2.05) is 0 Å². The summed E-state index contributed by atoms with van der Waals surface area (Å²) in [7, 11) is 0. The molecule has 1 N–H and O–H groups in total. The SMILES string of the molecule is O=C(O)Cc1cc(C2CCC2)no1. The summed E-state index contributed by atoms with van der Waals surface area (Å²) in [6, 6.07) is 1.76. The van der Waals surface area contributed by atoms with Gasteiger partial charge in [0.25, 0.3) is 0 Å². The van der Waals surface area contributed by atoms with Crippen LogP contribution in [0, 0.1) is 0 Å². The monoisotopic (exact) mass is 181 g/mol. The molecular formula is C9H11NO3. The second kappa shape index (κ2) is 3.20. The predicted molar refractivity (Wildman–Crippen MR) is 44.4 cm³/mol. The third kappa shape index (κ3) is 1.71. The fraction of sp³-hybridized carbons (Fsp3) is 0.556. The molecule has 0 bridgehead atoms. The van der Waals surface area contributed by atoms with Crippen LogP contribution >= 0.6 is 0 Å². The van der Waals surface area contributed by atoms with Gasteiger partial charge >= 0.3 is 5.97 Å². The van der Waals surface area contributed by atoms with Gasteiger partial charge in [-0.05, 0) is 12.8 Å². The van der Waals surface area contributed by atoms with Crippen molar-refractivity contribution in [3.63, 3.8) is 0 Å². The maximum Gasteiger partial charge on any atom is 0.311 e. The molecule has 1 heterocycles. The van der Waals surface area contributed by atoms with Crippen LogP contribution in [-0.4, -0.2) is 16.2 Å². The Kier molecular flexibility index (Phi) is 2.04. The number of hydrogen-bond acceptors (Lipinski definition) is 3. The van der Waals surface area contributed by atoms with Crippen molar-refractivity contribution in [2.24, 2.45) is 0 Å². The van der Waals surface area contributed by atoms with E-state index in [1.54, 1.807) is 6.07 Å². The first kappa shape index (κ1) is 8.29. The molecule has 4 heteroatoms. The van der Waals surface area contributed by atoms with Gasteiger partial charge in [0.05, 0.1) is 5.69 Å². The highest BCUT2D eigenvalue weighted by atomic mass is 16.5. The Labute approximate surface area is 75.5 Å². The van der Waals surface area contributed by atoms with E-state index in [9.17, 15) is 4.79 Å². The molecular weight excluding hydrogens is 170 g/mol. The van der Waals surface area contributed by atoms with E-state index in [0.717, 1.165) is 18.5 Å². The number of rotatable bonds is 3. The summed E-state index contributed by atoms with van der Waals surface area (Å²) in [6.45, 7) is 0. The molecule has 1 aromatic heterocycles. The summed E-state index contributed by atoms with van der Waals surface area (Å²) in [5.74, 6) is 0.0806. The molecule has 0 unspecified atom stereocenters. The van der Waals surface area contributed by atoms with E-state index >= 15 is 0 Å². The summed E-state index contributed by atoms with van der Waals surface area (Å²) < 4.78 is 4.90. The second-order valence-corrected chi connectivity index (χ2v) is 3.42. The fourth-order valence-electron chi connectivity index (χ4n) is 1.46. The van der Waals surface area contributed by atoms with Gasteiger partial charge in [0.15, 0.2) is 0 Å². The Balaban J connectivity index is 2.04. The van der Waals surface area contributed by atoms with Gasteiger partial charge in [-0.3, -0.25) is 4.79 Å². The average molecular weight is 181 g/mol. The third-order valence-corrected chi connectivity index (χ3v) is 2.43. The van der Waals surface area contributed by atoms with Crippen molar-refractivity contribution in [3.8, 4) is 0 Å². The Morgan fingerprint density at radius 2 is 2.46 bits per heavy atom. The highest BCUT2D eigenvalue weighted by Gasteiger charge is 2.23. The quantitative estimate of drug-likeness (QED) is 0.768. The van der Waals surface area contributed by atoms with Crippen molar-refractivity contribution in [1.82, 2.24) is 5.16 Å². The highest BCUT2D eigenvalue weighted by Crippen LogP contribution is 2.35.